The lowest BCUT2D eigenvalue weighted by Crippen LogP contribution is -2.58. The normalized spacial score (nSPS) is 16.9. The highest BCUT2D eigenvalue weighted by Crippen LogP contribution is 2.42. The number of rotatable bonds is 7. The van der Waals surface area contributed by atoms with Crippen LogP contribution in [0.4, 0.5) is 5.82 Å². The van der Waals surface area contributed by atoms with Crippen LogP contribution in [0.3, 0.4) is 0 Å². The van der Waals surface area contributed by atoms with Crippen LogP contribution in [0.15, 0.2) is 55.1 Å². The molecule has 0 atom stereocenters. The quantitative estimate of drug-likeness (QED) is 0.353. The van der Waals surface area contributed by atoms with Crippen molar-refractivity contribution < 1.29 is 9.47 Å². The maximum absolute atomic E-state index is 5.82. The summed E-state index contributed by atoms with van der Waals surface area (Å²) in [6.07, 6.45) is 8.82. The average Bonchev–Trinajstić information content (AvgIpc) is 3.63. The fourth-order valence-electron chi connectivity index (χ4n) is 5.97. The smallest absolute Gasteiger partial charge is 0.212 e. The first-order valence-corrected chi connectivity index (χ1v) is 13.0. The van der Waals surface area contributed by atoms with Gasteiger partial charge < -0.3 is 14.4 Å². The SMILES string of the molecule is CCOc1cc(-c2ccc(N3CC4(CCN(Cc5ccc(OC)nc5)C4)C3)nc2)c2c3cn[nH]c3nn2c1. The molecule has 38 heavy (non-hydrogen) atoms. The zero-order valence-electron chi connectivity index (χ0n) is 21.6. The van der Waals surface area contributed by atoms with Gasteiger partial charge in [-0.3, -0.25) is 10.00 Å². The third kappa shape index (κ3) is 3.92. The molecule has 7 heterocycles. The Hall–Kier alpha value is -4.18. The first-order valence-electron chi connectivity index (χ1n) is 13.0. The Kier molecular flexibility index (Phi) is 5.43. The monoisotopic (exact) mass is 510 g/mol. The molecule has 2 saturated heterocycles. The van der Waals surface area contributed by atoms with Crippen LogP contribution in [0, 0.1) is 5.41 Å². The Morgan fingerprint density at radius 1 is 1.05 bits per heavy atom. The number of methoxy groups -OCH3 is 1. The number of fused-ring (bicyclic) bond motifs is 3. The predicted molar refractivity (Wildman–Crippen MR) is 145 cm³/mol. The molecule has 2 aliphatic heterocycles. The number of hydrogen-bond acceptors (Lipinski definition) is 8. The van der Waals surface area contributed by atoms with Gasteiger partial charge in [0, 0.05) is 61.2 Å². The minimum atomic E-state index is 0.350. The van der Waals surface area contributed by atoms with Crippen LogP contribution in [-0.2, 0) is 6.54 Å². The Morgan fingerprint density at radius 3 is 2.74 bits per heavy atom. The van der Waals surface area contributed by atoms with Gasteiger partial charge in [-0.2, -0.15) is 5.10 Å². The highest BCUT2D eigenvalue weighted by Gasteiger charge is 2.47. The van der Waals surface area contributed by atoms with Crippen molar-refractivity contribution in [2.75, 3.05) is 44.8 Å². The predicted octanol–water partition coefficient (Wildman–Crippen LogP) is 3.79. The topological polar surface area (TPSA) is 96.7 Å². The van der Waals surface area contributed by atoms with E-state index in [1.54, 1.807) is 7.11 Å². The molecule has 0 aliphatic carbocycles. The lowest BCUT2D eigenvalue weighted by atomic mass is 9.79. The van der Waals surface area contributed by atoms with Crippen molar-refractivity contribution in [1.29, 1.82) is 0 Å². The van der Waals surface area contributed by atoms with E-state index in [-0.39, 0.29) is 0 Å². The summed E-state index contributed by atoms with van der Waals surface area (Å²) < 4.78 is 12.9. The Balaban J connectivity index is 1.06. The molecule has 0 unspecified atom stereocenters. The molecule has 5 aromatic rings. The third-order valence-corrected chi connectivity index (χ3v) is 7.78. The number of nitrogens with one attached hydrogen (secondary N) is 1. The van der Waals surface area contributed by atoms with Crippen molar-refractivity contribution >= 4 is 22.4 Å². The summed E-state index contributed by atoms with van der Waals surface area (Å²) in [6, 6.07) is 10.4. The molecule has 0 saturated carbocycles. The molecule has 5 aromatic heterocycles. The molecule has 0 aromatic carbocycles. The number of H-pyrrole nitrogens is 1. The highest BCUT2D eigenvalue weighted by atomic mass is 16.5. The lowest BCUT2D eigenvalue weighted by Gasteiger charge is -2.49. The average molecular weight is 511 g/mol. The number of hydrogen-bond donors (Lipinski definition) is 1. The maximum Gasteiger partial charge on any atom is 0.212 e. The highest BCUT2D eigenvalue weighted by molar-refractivity contribution is 6.00. The van der Waals surface area contributed by atoms with Gasteiger partial charge >= 0.3 is 0 Å². The Labute approximate surface area is 220 Å². The molecule has 0 bridgehead atoms. The van der Waals surface area contributed by atoms with E-state index >= 15 is 0 Å². The van der Waals surface area contributed by atoms with E-state index in [1.165, 1.54) is 12.0 Å². The van der Waals surface area contributed by atoms with Gasteiger partial charge in [0.1, 0.15) is 11.6 Å². The number of pyridine rings is 3. The Bertz CT molecular complexity index is 1590. The molecule has 1 N–H and O–H groups in total. The fourth-order valence-corrected chi connectivity index (χ4v) is 5.97. The minimum Gasteiger partial charge on any atom is -0.492 e. The van der Waals surface area contributed by atoms with Gasteiger partial charge in [-0.1, -0.05) is 6.07 Å². The standard InChI is InChI=1S/C28H30N8O2/c1-3-38-21-10-22(26-23-13-31-32-27(23)33-36(26)15-21)20-5-6-24(29-12-20)35-17-28(18-35)8-9-34(16-28)14-19-4-7-25(37-2)30-11-19/h4-7,10-13,15H,3,8-9,14,16-18H2,1-2H3,(H,32,33). The van der Waals surface area contributed by atoms with Crippen LogP contribution in [0.1, 0.15) is 18.9 Å². The van der Waals surface area contributed by atoms with Crippen LogP contribution in [-0.4, -0.2) is 74.6 Å². The maximum atomic E-state index is 5.82. The lowest BCUT2D eigenvalue weighted by molar-refractivity contribution is 0.201. The molecule has 10 nitrogen and oxygen atoms in total. The molecular weight excluding hydrogens is 480 g/mol. The molecule has 2 aliphatic rings. The molecule has 2 fully saturated rings. The van der Waals surface area contributed by atoms with E-state index in [0.29, 0.717) is 17.9 Å². The summed E-state index contributed by atoms with van der Waals surface area (Å²) in [4.78, 5) is 14.1. The van der Waals surface area contributed by atoms with E-state index in [2.05, 4.69) is 54.3 Å². The van der Waals surface area contributed by atoms with Crippen molar-refractivity contribution in [3.05, 3.63) is 60.7 Å². The fraction of sp³-hybridized carbons (Fsp3) is 0.357. The number of aromatic amines is 1. The third-order valence-electron chi connectivity index (χ3n) is 7.78. The number of ether oxygens (including phenoxy) is 2. The Morgan fingerprint density at radius 2 is 1.97 bits per heavy atom. The number of likely N-dealkylation sites (tertiary alicyclic amines) is 1. The molecule has 0 radical (unpaired) electrons. The second kappa shape index (κ2) is 8.98. The summed E-state index contributed by atoms with van der Waals surface area (Å²) in [5.74, 6) is 2.46. The molecule has 10 heteroatoms. The van der Waals surface area contributed by atoms with Gasteiger partial charge in [0.2, 0.25) is 5.88 Å². The second-order valence-corrected chi connectivity index (χ2v) is 10.4. The summed E-state index contributed by atoms with van der Waals surface area (Å²) in [5.41, 5.74) is 5.38. The van der Waals surface area contributed by atoms with Crippen LogP contribution in [0.2, 0.25) is 0 Å². The zero-order valence-corrected chi connectivity index (χ0v) is 21.6. The van der Waals surface area contributed by atoms with Crippen molar-refractivity contribution in [3.63, 3.8) is 0 Å². The van der Waals surface area contributed by atoms with Crippen LogP contribution in [0.25, 0.3) is 27.7 Å². The van der Waals surface area contributed by atoms with E-state index in [9.17, 15) is 0 Å². The number of aromatic nitrogens is 6. The number of nitrogens with zero attached hydrogens (tertiary/aromatic N) is 7. The van der Waals surface area contributed by atoms with Crippen LogP contribution in [0.5, 0.6) is 11.6 Å². The molecule has 0 amide bonds. The molecule has 1 spiro atoms. The van der Waals surface area contributed by atoms with Gasteiger partial charge in [0.25, 0.3) is 0 Å². The molecule has 7 rings (SSSR count). The van der Waals surface area contributed by atoms with Gasteiger partial charge in [0.15, 0.2) is 5.65 Å². The van der Waals surface area contributed by atoms with Crippen LogP contribution >= 0.6 is 0 Å². The van der Waals surface area contributed by atoms with E-state index < -0.39 is 0 Å². The summed E-state index contributed by atoms with van der Waals surface area (Å²) >= 11 is 0. The first-order chi connectivity index (χ1) is 18.6. The summed E-state index contributed by atoms with van der Waals surface area (Å²) in [6.45, 7) is 7.81. The number of anilines is 1. The van der Waals surface area contributed by atoms with Gasteiger partial charge in [0.05, 0.1) is 37.0 Å². The molecule has 194 valence electrons. The zero-order chi connectivity index (χ0) is 25.7. The van der Waals surface area contributed by atoms with Gasteiger partial charge in [-0.05, 0) is 43.7 Å². The van der Waals surface area contributed by atoms with Crippen LogP contribution < -0.4 is 14.4 Å². The summed E-state index contributed by atoms with van der Waals surface area (Å²) in [7, 11) is 1.65. The summed E-state index contributed by atoms with van der Waals surface area (Å²) in [5, 5.41) is 12.7. The second-order valence-electron chi connectivity index (χ2n) is 10.4. The van der Waals surface area contributed by atoms with E-state index in [1.807, 2.05) is 42.3 Å². The van der Waals surface area contributed by atoms with Crippen molar-refractivity contribution in [3.8, 4) is 22.8 Å². The van der Waals surface area contributed by atoms with Crippen molar-refractivity contribution in [1.82, 2.24) is 34.7 Å². The molecular formula is C28H30N8O2. The van der Waals surface area contributed by atoms with Gasteiger partial charge in [-0.15, -0.1) is 5.10 Å². The largest absolute Gasteiger partial charge is 0.492 e. The van der Waals surface area contributed by atoms with Crippen molar-refractivity contribution in [2.24, 2.45) is 5.41 Å². The first kappa shape index (κ1) is 23.0. The van der Waals surface area contributed by atoms with Crippen molar-refractivity contribution in [2.45, 2.75) is 19.9 Å². The van der Waals surface area contributed by atoms with E-state index in [4.69, 9.17) is 14.5 Å². The van der Waals surface area contributed by atoms with Gasteiger partial charge in [-0.25, -0.2) is 14.5 Å². The minimum absolute atomic E-state index is 0.350. The van der Waals surface area contributed by atoms with E-state index in [0.717, 1.165) is 72.0 Å².